The third-order valence-corrected chi connectivity index (χ3v) is 4.99. The highest BCUT2D eigenvalue weighted by molar-refractivity contribution is 6.40. The summed E-state index contributed by atoms with van der Waals surface area (Å²) in [4.78, 5) is 26.4. The highest BCUT2D eigenvalue weighted by Crippen LogP contribution is 2.27. The number of amides is 1. The lowest BCUT2D eigenvalue weighted by molar-refractivity contribution is -0.133. The van der Waals surface area contributed by atoms with Crippen LogP contribution in [-0.4, -0.2) is 38.4 Å². The Morgan fingerprint density at radius 3 is 2.33 bits per heavy atom. The number of hydrogen-bond acceptors (Lipinski definition) is 4. The van der Waals surface area contributed by atoms with Crippen LogP contribution in [0.4, 0.5) is 0 Å². The van der Waals surface area contributed by atoms with E-state index >= 15 is 0 Å². The third kappa shape index (κ3) is 5.83. The molecule has 1 amide bonds. The first-order chi connectivity index (χ1) is 15.9. The number of halogens is 1. The maximum atomic E-state index is 12.6. The quantitative estimate of drug-likeness (QED) is 0.232. The molecular weight excluding hydrogens is 444 g/mol. The van der Waals surface area contributed by atoms with Gasteiger partial charge in [0, 0.05) is 23.9 Å². The number of benzene rings is 3. The van der Waals surface area contributed by atoms with E-state index in [9.17, 15) is 14.9 Å². The van der Waals surface area contributed by atoms with E-state index in [1.54, 1.807) is 24.3 Å². The van der Waals surface area contributed by atoms with Crippen LogP contribution in [0.15, 0.2) is 72.8 Å². The van der Waals surface area contributed by atoms with Crippen LogP contribution in [0.5, 0.6) is 11.5 Å². The van der Waals surface area contributed by atoms with Gasteiger partial charge >= 0.3 is 11.7 Å². The van der Waals surface area contributed by atoms with Crippen molar-refractivity contribution in [2.24, 2.45) is 0 Å². The van der Waals surface area contributed by atoms with Crippen molar-refractivity contribution in [1.29, 1.82) is 5.26 Å². The van der Waals surface area contributed by atoms with Crippen molar-refractivity contribution in [1.82, 2.24) is 4.42 Å². The first-order valence-corrected chi connectivity index (χ1v) is 10.1. The van der Waals surface area contributed by atoms with Gasteiger partial charge in [-0.2, -0.15) is 10.1 Å². The molecule has 0 saturated carbocycles. The van der Waals surface area contributed by atoms with Crippen molar-refractivity contribution in [3.8, 4) is 17.6 Å². The molecule has 9 heteroatoms. The highest BCUT2D eigenvalue weighted by Gasteiger charge is 2.23. The molecule has 0 aliphatic heterocycles. The molecule has 0 radical (unpaired) electrons. The Labute approximate surface area is 194 Å². The number of carbonyl (C=O) groups excluding carboxylic acids is 1. The average Bonchev–Trinajstić information content (AvgIpc) is 2.84. The van der Waals surface area contributed by atoms with E-state index in [2.05, 4.69) is 4.79 Å². The van der Waals surface area contributed by atoms with Crippen LogP contribution in [0.25, 0.3) is 5.53 Å². The summed E-state index contributed by atoms with van der Waals surface area (Å²) in [6.07, 6.45) is 0.620. The van der Waals surface area contributed by atoms with Gasteiger partial charge in [0.2, 0.25) is 0 Å². The van der Waals surface area contributed by atoms with Gasteiger partial charge in [0.05, 0.1) is 11.1 Å². The summed E-state index contributed by atoms with van der Waals surface area (Å²) in [7, 11) is 0. The molecule has 0 heterocycles. The number of rotatable bonds is 8. The highest BCUT2D eigenvalue weighted by atomic mass is 35.5. The molecule has 164 valence electrons. The number of nitrogens with zero attached hydrogens (tertiary/aromatic N) is 4. The zero-order chi connectivity index (χ0) is 23.8. The second-order valence-corrected chi connectivity index (χ2v) is 7.24. The summed E-state index contributed by atoms with van der Waals surface area (Å²) in [6, 6.07) is 21.8. The van der Waals surface area contributed by atoms with Crippen molar-refractivity contribution < 1.29 is 24.2 Å². The standard InChI is InChI=1S/C24H17ClN4O4/c25-29(13-12-16-4-2-1-3-5-16)23(30)17-6-9-20(10-7-17)33-21-11-8-18(14-19(21)15-26)22(28-27)24(31)32/h1-11,14H,12-13H2,(H,31,32). The van der Waals surface area contributed by atoms with Crippen LogP contribution < -0.4 is 4.74 Å². The Bertz CT molecular complexity index is 1260. The zero-order valence-electron chi connectivity index (χ0n) is 17.2. The minimum absolute atomic E-state index is 0.0444. The van der Waals surface area contributed by atoms with Crippen molar-refractivity contribution in [3.63, 3.8) is 0 Å². The second-order valence-electron chi connectivity index (χ2n) is 6.83. The molecule has 0 atom stereocenters. The molecule has 33 heavy (non-hydrogen) atoms. The Morgan fingerprint density at radius 1 is 1.06 bits per heavy atom. The summed E-state index contributed by atoms with van der Waals surface area (Å²) in [5, 5.41) is 18.4. The number of aliphatic carboxylic acids is 1. The summed E-state index contributed by atoms with van der Waals surface area (Å²) in [5.74, 6) is -1.27. The molecule has 3 rings (SSSR count). The molecule has 0 aromatic heterocycles. The molecular formula is C24H17ClN4O4. The molecule has 0 bridgehead atoms. The number of nitriles is 1. The second kappa shape index (κ2) is 10.7. The number of hydrogen-bond donors (Lipinski definition) is 1. The summed E-state index contributed by atoms with van der Waals surface area (Å²) in [6.45, 7) is 0.343. The number of ether oxygens (including phenoxy) is 1. The fourth-order valence-corrected chi connectivity index (χ4v) is 3.17. The van der Waals surface area contributed by atoms with Gasteiger partial charge in [0.15, 0.2) is 0 Å². The van der Waals surface area contributed by atoms with Gasteiger partial charge < -0.3 is 15.4 Å². The van der Waals surface area contributed by atoms with E-state index < -0.39 is 11.7 Å². The van der Waals surface area contributed by atoms with Crippen LogP contribution in [0.3, 0.4) is 0 Å². The van der Waals surface area contributed by atoms with Gasteiger partial charge in [-0.3, -0.25) is 9.21 Å². The van der Waals surface area contributed by atoms with E-state index in [4.69, 9.17) is 27.2 Å². The van der Waals surface area contributed by atoms with Crippen molar-refractivity contribution in [2.45, 2.75) is 6.42 Å². The molecule has 1 N–H and O–H groups in total. The van der Waals surface area contributed by atoms with Crippen LogP contribution >= 0.6 is 11.8 Å². The Hall–Kier alpha value is -4.44. The van der Waals surface area contributed by atoms with Crippen LogP contribution in [0, 0.1) is 11.3 Å². The van der Waals surface area contributed by atoms with Crippen LogP contribution in [0.2, 0.25) is 0 Å². The topological polar surface area (TPSA) is 127 Å². The first kappa shape index (κ1) is 23.2. The maximum Gasteiger partial charge on any atom is 0.419 e. The van der Waals surface area contributed by atoms with Crippen LogP contribution in [-0.2, 0) is 11.2 Å². The van der Waals surface area contributed by atoms with Gasteiger partial charge in [0.25, 0.3) is 5.91 Å². The Morgan fingerprint density at radius 2 is 1.73 bits per heavy atom. The fraction of sp³-hybridized carbons (Fsp3) is 0.0833. The van der Waals surface area contributed by atoms with Gasteiger partial charge in [-0.25, -0.2) is 4.79 Å². The number of carboxylic acids is 1. The normalized spacial score (nSPS) is 9.94. The minimum Gasteiger partial charge on any atom is -0.472 e. The van der Waals surface area contributed by atoms with E-state index in [0.717, 1.165) is 9.98 Å². The largest absolute Gasteiger partial charge is 0.472 e. The molecule has 0 aliphatic carbocycles. The summed E-state index contributed by atoms with van der Waals surface area (Å²) in [5.41, 5.74) is 9.80. The van der Waals surface area contributed by atoms with E-state index in [0.29, 0.717) is 24.3 Å². The maximum absolute atomic E-state index is 12.6. The van der Waals surface area contributed by atoms with Gasteiger partial charge in [-0.15, -0.1) is 0 Å². The molecule has 0 spiro atoms. The molecule has 3 aromatic carbocycles. The Kier molecular flexibility index (Phi) is 7.55. The van der Waals surface area contributed by atoms with Gasteiger partial charge in [0.1, 0.15) is 17.6 Å². The lowest BCUT2D eigenvalue weighted by atomic mass is 10.1. The zero-order valence-corrected chi connectivity index (χ0v) is 17.9. The van der Waals surface area contributed by atoms with E-state index in [-0.39, 0.29) is 22.8 Å². The lowest BCUT2D eigenvalue weighted by Crippen LogP contribution is -2.23. The summed E-state index contributed by atoms with van der Waals surface area (Å²) < 4.78 is 6.82. The van der Waals surface area contributed by atoms with E-state index in [1.165, 1.54) is 18.2 Å². The fourth-order valence-electron chi connectivity index (χ4n) is 2.98. The molecule has 8 nitrogen and oxygen atoms in total. The lowest BCUT2D eigenvalue weighted by Gasteiger charge is -2.14. The molecule has 0 unspecified atom stereocenters. The average molecular weight is 461 g/mol. The summed E-state index contributed by atoms with van der Waals surface area (Å²) >= 11 is 6.15. The van der Waals surface area contributed by atoms with E-state index in [1.807, 2.05) is 36.4 Å². The Balaban J connectivity index is 1.69. The minimum atomic E-state index is -1.44. The van der Waals surface area contributed by atoms with Gasteiger partial charge in [-0.05, 0) is 54.4 Å². The molecule has 0 saturated heterocycles. The third-order valence-electron chi connectivity index (χ3n) is 4.67. The number of carbonyl (C=O) groups is 2. The van der Waals surface area contributed by atoms with Gasteiger partial charge in [-0.1, -0.05) is 30.3 Å². The molecule has 0 fully saturated rings. The predicted molar refractivity (Wildman–Crippen MR) is 120 cm³/mol. The van der Waals surface area contributed by atoms with Crippen molar-refractivity contribution in [2.75, 3.05) is 6.54 Å². The van der Waals surface area contributed by atoms with Crippen LogP contribution in [0.1, 0.15) is 27.0 Å². The first-order valence-electron chi connectivity index (χ1n) is 9.72. The van der Waals surface area contributed by atoms with Crippen molar-refractivity contribution >= 4 is 29.4 Å². The SMILES string of the molecule is N#Cc1cc(C(=[N+]=[N-])C(=O)O)ccc1Oc1ccc(C(=O)N(Cl)CCc2ccccc2)cc1. The smallest absolute Gasteiger partial charge is 0.419 e. The number of carboxylic acid groups (broad SMARTS) is 1. The van der Waals surface area contributed by atoms with Crippen molar-refractivity contribution in [3.05, 3.63) is 101 Å². The molecule has 0 aliphatic rings. The predicted octanol–water partition coefficient (Wildman–Crippen LogP) is 4.29. The monoisotopic (exact) mass is 460 g/mol. The molecule has 3 aromatic rings.